The van der Waals surface area contributed by atoms with Crippen LogP contribution < -0.4 is 4.74 Å². The number of carbonyl (C=O) groups is 1. The van der Waals surface area contributed by atoms with Crippen molar-refractivity contribution in [3.63, 3.8) is 0 Å². The van der Waals surface area contributed by atoms with Gasteiger partial charge >= 0.3 is 5.97 Å². The van der Waals surface area contributed by atoms with E-state index in [0.717, 1.165) is 16.4 Å². The van der Waals surface area contributed by atoms with Gasteiger partial charge in [-0.25, -0.2) is 13.2 Å². The third kappa shape index (κ3) is 4.13. The Kier molecular flexibility index (Phi) is 5.44. The maximum Gasteiger partial charge on any atom is 0.343 e. The van der Waals surface area contributed by atoms with E-state index in [9.17, 15) is 13.2 Å². The molecule has 1 aliphatic heterocycles. The minimum absolute atomic E-state index is 0.0505. The van der Waals surface area contributed by atoms with E-state index in [1.54, 1.807) is 24.3 Å². The second-order valence-corrected chi connectivity index (χ2v) is 10.2. The number of ether oxygens (including phenoxy) is 2. The molecule has 0 radical (unpaired) electrons. The van der Waals surface area contributed by atoms with Crippen LogP contribution in [0, 0.1) is 0 Å². The zero-order chi connectivity index (χ0) is 23.2. The van der Waals surface area contributed by atoms with Gasteiger partial charge in [-0.05, 0) is 56.3 Å². The van der Waals surface area contributed by atoms with Crippen LogP contribution >= 0.6 is 0 Å². The molecular formula is C25H23NO6S. The lowest BCUT2D eigenvalue weighted by Crippen LogP contribution is -2.48. The van der Waals surface area contributed by atoms with Gasteiger partial charge in [0.2, 0.25) is 10.0 Å². The number of hydrogen-bond donors (Lipinski definition) is 0. The maximum absolute atomic E-state index is 13.2. The summed E-state index contributed by atoms with van der Waals surface area (Å²) in [5, 5.41) is 1.76. The molecule has 1 fully saturated rings. The van der Waals surface area contributed by atoms with Gasteiger partial charge in [0.25, 0.3) is 0 Å². The zero-order valence-electron chi connectivity index (χ0n) is 18.2. The summed E-state index contributed by atoms with van der Waals surface area (Å²) >= 11 is 0. The van der Waals surface area contributed by atoms with E-state index in [2.05, 4.69) is 0 Å². The Bertz CT molecular complexity index is 1450. The number of hydrogen-bond acceptors (Lipinski definition) is 6. The van der Waals surface area contributed by atoms with Crippen molar-refractivity contribution in [3.8, 4) is 5.75 Å². The molecule has 0 amide bonds. The lowest BCUT2D eigenvalue weighted by molar-refractivity contribution is -0.0440. The summed E-state index contributed by atoms with van der Waals surface area (Å²) in [7, 11) is -3.77. The van der Waals surface area contributed by atoms with Gasteiger partial charge < -0.3 is 13.9 Å². The molecule has 1 saturated heterocycles. The van der Waals surface area contributed by atoms with Crippen LogP contribution in [0.2, 0.25) is 0 Å². The molecule has 5 rings (SSSR count). The quantitative estimate of drug-likeness (QED) is 0.323. The van der Waals surface area contributed by atoms with Gasteiger partial charge in [0.05, 0.1) is 22.7 Å². The van der Waals surface area contributed by atoms with E-state index in [1.165, 1.54) is 22.5 Å². The van der Waals surface area contributed by atoms with E-state index in [4.69, 9.17) is 13.9 Å². The third-order valence-corrected chi connectivity index (χ3v) is 7.48. The first-order valence-electron chi connectivity index (χ1n) is 10.7. The largest absolute Gasteiger partial charge is 0.456 e. The first-order chi connectivity index (χ1) is 15.8. The van der Waals surface area contributed by atoms with Crippen LogP contribution in [-0.2, 0) is 14.8 Å². The molecule has 0 bridgehead atoms. The van der Waals surface area contributed by atoms with Gasteiger partial charge in [0, 0.05) is 23.9 Å². The molecule has 7 nitrogen and oxygen atoms in total. The van der Waals surface area contributed by atoms with E-state index in [1.807, 2.05) is 38.1 Å². The summed E-state index contributed by atoms with van der Waals surface area (Å²) in [6.07, 6.45) is -0.406. The van der Waals surface area contributed by atoms with E-state index in [0.29, 0.717) is 11.3 Å². The van der Waals surface area contributed by atoms with Crippen molar-refractivity contribution in [2.24, 2.45) is 0 Å². The van der Waals surface area contributed by atoms with Crippen LogP contribution in [0.3, 0.4) is 0 Å². The number of furan rings is 1. The highest BCUT2D eigenvalue weighted by atomic mass is 32.2. The van der Waals surface area contributed by atoms with Crippen LogP contribution in [0.5, 0.6) is 5.75 Å². The fourth-order valence-electron chi connectivity index (χ4n) is 4.19. The lowest BCUT2D eigenvalue weighted by Gasteiger charge is -2.34. The summed E-state index contributed by atoms with van der Waals surface area (Å²) < 4.78 is 44.7. The first kappa shape index (κ1) is 21.6. The van der Waals surface area contributed by atoms with Gasteiger partial charge in [-0.1, -0.05) is 24.3 Å². The second-order valence-electron chi connectivity index (χ2n) is 8.25. The molecule has 0 saturated carbocycles. The van der Waals surface area contributed by atoms with E-state index < -0.39 is 16.0 Å². The van der Waals surface area contributed by atoms with Crippen molar-refractivity contribution < 1.29 is 27.1 Å². The topological polar surface area (TPSA) is 86.1 Å². The molecule has 2 heterocycles. The normalized spacial score (nSPS) is 19.7. The number of sulfonamides is 1. The van der Waals surface area contributed by atoms with Crippen LogP contribution in [0.15, 0.2) is 76.0 Å². The summed E-state index contributed by atoms with van der Waals surface area (Å²) in [4.78, 5) is 12.9. The number of benzene rings is 3. The van der Waals surface area contributed by atoms with Crippen molar-refractivity contribution in [1.29, 1.82) is 0 Å². The smallest absolute Gasteiger partial charge is 0.343 e. The highest BCUT2D eigenvalue weighted by Crippen LogP contribution is 2.31. The zero-order valence-corrected chi connectivity index (χ0v) is 19.0. The molecule has 170 valence electrons. The highest BCUT2D eigenvalue weighted by molar-refractivity contribution is 7.89. The SMILES string of the molecule is C[C@@H]1CN(S(=O)(=O)c2cccc(C(=O)Oc3ccc4oc5ccccc5c4c3)c2)C[C@@H](C)O1. The molecule has 1 aromatic heterocycles. The molecular weight excluding hydrogens is 442 g/mol. The molecule has 4 aromatic rings. The molecule has 8 heteroatoms. The molecule has 0 aliphatic carbocycles. The maximum atomic E-state index is 13.2. The van der Waals surface area contributed by atoms with Crippen molar-refractivity contribution in [3.05, 3.63) is 72.3 Å². The number of rotatable bonds is 4. The molecule has 33 heavy (non-hydrogen) atoms. The van der Waals surface area contributed by atoms with Gasteiger partial charge in [-0.2, -0.15) is 4.31 Å². The fraction of sp³-hybridized carbons (Fsp3) is 0.240. The van der Waals surface area contributed by atoms with E-state index in [-0.39, 0.29) is 35.8 Å². The Hall–Kier alpha value is -3.20. The molecule has 0 N–H and O–H groups in total. The Labute approximate surface area is 191 Å². The first-order valence-corrected chi connectivity index (χ1v) is 12.1. The number of carbonyl (C=O) groups excluding carboxylic acids is 1. The van der Waals surface area contributed by atoms with Crippen LogP contribution in [0.1, 0.15) is 24.2 Å². The second kappa shape index (κ2) is 8.30. The Morgan fingerprint density at radius 1 is 0.909 bits per heavy atom. The Balaban J connectivity index is 1.41. The van der Waals surface area contributed by atoms with Gasteiger partial charge in [-0.3, -0.25) is 0 Å². The molecule has 0 unspecified atom stereocenters. The third-order valence-electron chi connectivity index (χ3n) is 5.65. The summed E-state index contributed by atoms with van der Waals surface area (Å²) in [5.74, 6) is -0.286. The number of nitrogens with zero attached hydrogens (tertiary/aromatic N) is 1. The summed E-state index contributed by atoms with van der Waals surface area (Å²) in [6.45, 7) is 4.21. The van der Waals surface area contributed by atoms with Crippen LogP contribution in [0.4, 0.5) is 0 Å². The highest BCUT2D eigenvalue weighted by Gasteiger charge is 2.32. The number of fused-ring (bicyclic) bond motifs is 3. The van der Waals surface area contributed by atoms with E-state index >= 15 is 0 Å². The predicted octanol–water partition coefficient (Wildman–Crippen LogP) is 4.60. The van der Waals surface area contributed by atoms with Crippen LogP contribution in [-0.4, -0.2) is 44.0 Å². The fourth-order valence-corrected chi connectivity index (χ4v) is 5.83. The minimum atomic E-state index is -3.77. The van der Waals surface area contributed by atoms with Crippen molar-refractivity contribution in [2.75, 3.05) is 13.1 Å². The average molecular weight is 466 g/mol. The average Bonchev–Trinajstić information content (AvgIpc) is 3.16. The standard InChI is InChI=1S/C25H23NO6S/c1-16-14-26(15-17(2)30-16)33(28,29)20-7-5-6-18(12-20)25(27)31-19-10-11-24-22(13-19)21-8-3-4-9-23(21)32-24/h3-13,16-17H,14-15H2,1-2H3/t16-,17-/m1/s1. The molecule has 2 atom stereocenters. The summed E-state index contributed by atoms with van der Waals surface area (Å²) in [6, 6.07) is 18.7. The number of para-hydroxylation sites is 1. The van der Waals surface area contributed by atoms with Gasteiger partial charge in [-0.15, -0.1) is 0 Å². The van der Waals surface area contributed by atoms with Gasteiger partial charge in [0.1, 0.15) is 16.9 Å². The Morgan fingerprint density at radius 2 is 1.64 bits per heavy atom. The lowest BCUT2D eigenvalue weighted by atomic mass is 10.1. The predicted molar refractivity (Wildman–Crippen MR) is 124 cm³/mol. The minimum Gasteiger partial charge on any atom is -0.456 e. The number of morpholine rings is 1. The van der Waals surface area contributed by atoms with Gasteiger partial charge in [0.15, 0.2) is 0 Å². The van der Waals surface area contributed by atoms with Crippen LogP contribution in [0.25, 0.3) is 21.9 Å². The van der Waals surface area contributed by atoms with Crippen molar-refractivity contribution in [1.82, 2.24) is 4.31 Å². The monoisotopic (exact) mass is 465 g/mol. The number of esters is 1. The van der Waals surface area contributed by atoms with Crippen molar-refractivity contribution >= 4 is 37.9 Å². The van der Waals surface area contributed by atoms with Crippen molar-refractivity contribution in [2.45, 2.75) is 31.0 Å². The molecule has 0 spiro atoms. The summed E-state index contributed by atoms with van der Waals surface area (Å²) in [5.41, 5.74) is 1.60. The molecule has 1 aliphatic rings. The Morgan fingerprint density at radius 3 is 2.42 bits per heavy atom. The molecule has 3 aromatic carbocycles.